The maximum atomic E-state index is 6.29. The molecule has 0 radical (unpaired) electrons. The summed E-state index contributed by atoms with van der Waals surface area (Å²) < 4.78 is 2.05. The van der Waals surface area contributed by atoms with Crippen molar-refractivity contribution in [2.45, 2.75) is 19.2 Å². The molecular formula is C15H13Cl2N3. The predicted octanol–water partition coefficient (Wildman–Crippen LogP) is 4.68. The van der Waals surface area contributed by atoms with E-state index in [1.54, 1.807) is 12.4 Å². The van der Waals surface area contributed by atoms with Crippen molar-refractivity contribution >= 4 is 34.2 Å². The summed E-state index contributed by atoms with van der Waals surface area (Å²) in [7, 11) is 0. The van der Waals surface area contributed by atoms with E-state index in [9.17, 15) is 0 Å². The number of aryl methyl sites for hydroxylation is 1. The number of rotatable bonds is 2. The number of hydrogen-bond acceptors (Lipinski definition) is 2. The Morgan fingerprint density at radius 2 is 2.05 bits per heavy atom. The molecule has 0 aliphatic rings. The van der Waals surface area contributed by atoms with Crippen LogP contribution in [0, 0.1) is 6.92 Å². The molecule has 0 saturated heterocycles. The van der Waals surface area contributed by atoms with Gasteiger partial charge < -0.3 is 0 Å². The van der Waals surface area contributed by atoms with Gasteiger partial charge in [-0.05, 0) is 37.6 Å². The average molecular weight is 306 g/mol. The molecule has 0 N–H and O–H groups in total. The number of hydrogen-bond donors (Lipinski definition) is 0. The van der Waals surface area contributed by atoms with Crippen LogP contribution < -0.4 is 0 Å². The molecule has 3 rings (SSSR count). The lowest BCUT2D eigenvalue weighted by atomic mass is 10.2. The van der Waals surface area contributed by atoms with E-state index in [4.69, 9.17) is 23.2 Å². The zero-order valence-electron chi connectivity index (χ0n) is 11.1. The fraction of sp³-hybridized carbons (Fsp3) is 0.200. The standard InChI is InChI=1S/C15H13Cl2N3/c1-9-3-4-11(17)7-14(9)20-13-5-6-18-8-12(13)19-15(20)10(2)16/h3-8,10H,1-2H3. The van der Waals surface area contributed by atoms with E-state index < -0.39 is 0 Å². The molecule has 1 atom stereocenters. The van der Waals surface area contributed by atoms with E-state index >= 15 is 0 Å². The summed E-state index contributed by atoms with van der Waals surface area (Å²) >= 11 is 12.4. The van der Waals surface area contributed by atoms with Gasteiger partial charge >= 0.3 is 0 Å². The first-order valence-electron chi connectivity index (χ1n) is 6.31. The molecule has 0 saturated carbocycles. The van der Waals surface area contributed by atoms with E-state index in [0.29, 0.717) is 5.02 Å². The molecule has 0 amide bonds. The fourth-order valence-corrected chi connectivity index (χ4v) is 2.61. The van der Waals surface area contributed by atoms with E-state index in [1.165, 1.54) is 0 Å². The number of fused-ring (bicyclic) bond motifs is 1. The molecule has 0 bridgehead atoms. The molecule has 20 heavy (non-hydrogen) atoms. The highest BCUT2D eigenvalue weighted by Crippen LogP contribution is 2.30. The quantitative estimate of drug-likeness (QED) is 0.643. The first-order chi connectivity index (χ1) is 9.58. The highest BCUT2D eigenvalue weighted by Gasteiger charge is 2.17. The zero-order chi connectivity index (χ0) is 14.3. The van der Waals surface area contributed by atoms with Crippen molar-refractivity contribution in [1.29, 1.82) is 0 Å². The van der Waals surface area contributed by atoms with Crippen LogP contribution in [0.15, 0.2) is 36.7 Å². The van der Waals surface area contributed by atoms with Crippen molar-refractivity contribution in [3.05, 3.63) is 53.1 Å². The molecule has 1 aromatic carbocycles. The molecule has 3 aromatic rings. The van der Waals surface area contributed by atoms with Gasteiger partial charge in [0.25, 0.3) is 0 Å². The third-order valence-corrected chi connectivity index (χ3v) is 3.68. The summed E-state index contributed by atoms with van der Waals surface area (Å²) in [6, 6.07) is 7.74. The first kappa shape index (κ1) is 13.4. The third kappa shape index (κ3) is 2.17. The van der Waals surface area contributed by atoms with Crippen LogP contribution in [0.25, 0.3) is 16.7 Å². The Morgan fingerprint density at radius 3 is 2.80 bits per heavy atom. The van der Waals surface area contributed by atoms with Crippen molar-refractivity contribution in [2.75, 3.05) is 0 Å². The summed E-state index contributed by atoms with van der Waals surface area (Å²) in [6.07, 6.45) is 3.50. The summed E-state index contributed by atoms with van der Waals surface area (Å²) in [6.45, 7) is 3.95. The van der Waals surface area contributed by atoms with Gasteiger partial charge in [0.1, 0.15) is 11.3 Å². The van der Waals surface area contributed by atoms with Gasteiger partial charge in [0, 0.05) is 11.2 Å². The van der Waals surface area contributed by atoms with Crippen molar-refractivity contribution in [3.8, 4) is 5.69 Å². The number of nitrogens with zero attached hydrogens (tertiary/aromatic N) is 3. The van der Waals surface area contributed by atoms with Gasteiger partial charge in [-0.15, -0.1) is 11.6 Å². The Morgan fingerprint density at radius 1 is 1.25 bits per heavy atom. The second-order valence-corrected chi connectivity index (χ2v) is 5.81. The van der Waals surface area contributed by atoms with Crippen LogP contribution in [0.5, 0.6) is 0 Å². The largest absolute Gasteiger partial charge is 0.295 e. The van der Waals surface area contributed by atoms with Crippen LogP contribution in [-0.2, 0) is 0 Å². The average Bonchev–Trinajstić information content (AvgIpc) is 2.81. The second-order valence-electron chi connectivity index (χ2n) is 4.72. The van der Waals surface area contributed by atoms with Crippen LogP contribution in [0.1, 0.15) is 23.7 Å². The summed E-state index contributed by atoms with van der Waals surface area (Å²) in [5, 5.41) is 0.482. The normalized spacial score (nSPS) is 12.8. The highest BCUT2D eigenvalue weighted by molar-refractivity contribution is 6.30. The van der Waals surface area contributed by atoms with Crippen molar-refractivity contribution in [2.24, 2.45) is 0 Å². The fourth-order valence-electron chi connectivity index (χ4n) is 2.29. The molecule has 0 fully saturated rings. The van der Waals surface area contributed by atoms with E-state index in [-0.39, 0.29) is 5.38 Å². The Hall–Kier alpha value is -1.58. The van der Waals surface area contributed by atoms with Crippen molar-refractivity contribution in [1.82, 2.24) is 14.5 Å². The first-order valence-corrected chi connectivity index (χ1v) is 7.12. The minimum atomic E-state index is -0.208. The molecular weight excluding hydrogens is 293 g/mol. The van der Waals surface area contributed by atoms with Gasteiger partial charge in [0.2, 0.25) is 0 Å². The third-order valence-electron chi connectivity index (χ3n) is 3.25. The Labute approximate surface area is 127 Å². The minimum Gasteiger partial charge on any atom is -0.295 e. The van der Waals surface area contributed by atoms with Gasteiger partial charge in [0.15, 0.2) is 0 Å². The van der Waals surface area contributed by atoms with E-state index in [1.807, 2.05) is 38.1 Å². The molecule has 1 unspecified atom stereocenters. The van der Waals surface area contributed by atoms with Crippen molar-refractivity contribution < 1.29 is 0 Å². The monoisotopic (exact) mass is 305 g/mol. The number of pyridine rings is 1. The van der Waals surface area contributed by atoms with E-state index in [0.717, 1.165) is 28.1 Å². The molecule has 0 spiro atoms. The minimum absolute atomic E-state index is 0.208. The maximum absolute atomic E-state index is 6.29. The van der Waals surface area contributed by atoms with E-state index in [2.05, 4.69) is 14.5 Å². The Bertz CT molecular complexity index is 778. The van der Waals surface area contributed by atoms with Crippen LogP contribution in [0.3, 0.4) is 0 Å². The number of halogens is 2. The zero-order valence-corrected chi connectivity index (χ0v) is 12.7. The Kier molecular flexibility index (Phi) is 3.40. The lowest BCUT2D eigenvalue weighted by Crippen LogP contribution is -2.03. The van der Waals surface area contributed by atoms with Gasteiger partial charge in [-0.25, -0.2) is 4.98 Å². The van der Waals surface area contributed by atoms with Crippen LogP contribution in [-0.4, -0.2) is 14.5 Å². The predicted molar refractivity (Wildman–Crippen MR) is 82.9 cm³/mol. The molecule has 2 aromatic heterocycles. The molecule has 3 nitrogen and oxygen atoms in total. The number of aromatic nitrogens is 3. The lowest BCUT2D eigenvalue weighted by molar-refractivity contribution is 0.878. The summed E-state index contributed by atoms with van der Waals surface area (Å²) in [5.41, 5.74) is 3.92. The molecule has 0 aliphatic carbocycles. The van der Waals surface area contributed by atoms with Crippen molar-refractivity contribution in [3.63, 3.8) is 0 Å². The van der Waals surface area contributed by atoms with Gasteiger partial charge in [-0.2, -0.15) is 0 Å². The molecule has 5 heteroatoms. The number of imidazole rings is 1. The van der Waals surface area contributed by atoms with Crippen LogP contribution in [0.2, 0.25) is 5.02 Å². The van der Waals surface area contributed by atoms with Gasteiger partial charge in [0.05, 0.1) is 22.8 Å². The highest BCUT2D eigenvalue weighted by atomic mass is 35.5. The van der Waals surface area contributed by atoms with Crippen LogP contribution >= 0.6 is 23.2 Å². The summed E-state index contributed by atoms with van der Waals surface area (Å²) in [4.78, 5) is 8.70. The summed E-state index contributed by atoms with van der Waals surface area (Å²) in [5.74, 6) is 0.792. The number of benzene rings is 1. The molecule has 2 heterocycles. The lowest BCUT2D eigenvalue weighted by Gasteiger charge is -2.13. The topological polar surface area (TPSA) is 30.7 Å². The Balaban J connectivity index is 2.39. The van der Waals surface area contributed by atoms with Gasteiger partial charge in [-0.1, -0.05) is 17.7 Å². The smallest absolute Gasteiger partial charge is 0.132 e. The molecule has 0 aliphatic heterocycles. The maximum Gasteiger partial charge on any atom is 0.132 e. The van der Waals surface area contributed by atoms with Gasteiger partial charge in [-0.3, -0.25) is 9.55 Å². The van der Waals surface area contributed by atoms with Crippen LogP contribution in [0.4, 0.5) is 0 Å². The number of alkyl halides is 1. The SMILES string of the molecule is Cc1ccc(Cl)cc1-n1c(C(C)Cl)nc2cnccc21. The second kappa shape index (κ2) is 5.08. The molecule has 102 valence electrons.